The monoisotopic (exact) mass is 342 g/mol. The molecule has 2 rings (SSSR count). The third-order valence-electron chi connectivity index (χ3n) is 3.42. The lowest BCUT2D eigenvalue weighted by molar-refractivity contribution is 0.246. The molecule has 8 nitrogen and oxygen atoms in total. The maximum atomic E-state index is 11.9. The van der Waals surface area contributed by atoms with E-state index in [1.165, 1.54) is 0 Å². The van der Waals surface area contributed by atoms with Gasteiger partial charge in [-0.25, -0.2) is 19.6 Å². The van der Waals surface area contributed by atoms with Gasteiger partial charge in [0.25, 0.3) is 0 Å². The number of nitrogens with zero attached hydrogens (tertiary/aromatic N) is 2. The fourth-order valence-corrected chi connectivity index (χ4v) is 2.11. The van der Waals surface area contributed by atoms with Crippen LogP contribution in [0.4, 0.5) is 21.2 Å². The van der Waals surface area contributed by atoms with E-state index in [0.29, 0.717) is 24.6 Å². The fourth-order valence-electron chi connectivity index (χ4n) is 2.11. The zero-order chi connectivity index (χ0) is 17.9. The minimum absolute atomic E-state index is 0.0566. The summed E-state index contributed by atoms with van der Waals surface area (Å²) in [6, 6.07) is 9.86. The summed E-state index contributed by atoms with van der Waals surface area (Å²) in [5.41, 5.74) is 0. The summed E-state index contributed by atoms with van der Waals surface area (Å²) in [5.74, 6) is 0.975. The lowest BCUT2D eigenvalue weighted by atomic mass is 10.1. The van der Waals surface area contributed by atoms with E-state index < -0.39 is 0 Å². The average molecular weight is 342 g/mol. The van der Waals surface area contributed by atoms with Crippen LogP contribution < -0.4 is 21.3 Å². The van der Waals surface area contributed by atoms with Gasteiger partial charge in [-0.05, 0) is 37.1 Å². The number of nitrogens with one attached hydrogen (secondary N) is 4. The Bertz CT molecular complexity index is 665. The van der Waals surface area contributed by atoms with E-state index in [0.717, 1.165) is 6.42 Å². The van der Waals surface area contributed by atoms with Crippen molar-refractivity contribution in [1.82, 2.24) is 20.6 Å². The Morgan fingerprint density at radius 2 is 1.56 bits per heavy atom. The van der Waals surface area contributed by atoms with Gasteiger partial charge < -0.3 is 10.6 Å². The lowest BCUT2D eigenvalue weighted by Gasteiger charge is -2.17. The first kappa shape index (κ1) is 18.2. The van der Waals surface area contributed by atoms with Gasteiger partial charge in [0.05, 0.1) is 0 Å². The topological polar surface area (TPSA) is 108 Å². The van der Waals surface area contributed by atoms with Gasteiger partial charge in [0.1, 0.15) is 11.6 Å². The third-order valence-corrected chi connectivity index (χ3v) is 3.42. The number of hydrogen-bond donors (Lipinski definition) is 4. The molecule has 4 N–H and O–H groups in total. The van der Waals surface area contributed by atoms with Crippen LogP contribution in [0.2, 0.25) is 0 Å². The highest BCUT2D eigenvalue weighted by molar-refractivity contribution is 5.88. The second kappa shape index (κ2) is 9.86. The molecule has 4 amide bonds. The largest absolute Gasteiger partial charge is 0.338 e. The highest BCUT2D eigenvalue weighted by Crippen LogP contribution is 2.02. The summed E-state index contributed by atoms with van der Waals surface area (Å²) >= 11 is 0. The Kier molecular flexibility index (Phi) is 7.17. The van der Waals surface area contributed by atoms with Crippen molar-refractivity contribution >= 4 is 23.7 Å². The summed E-state index contributed by atoms with van der Waals surface area (Å²) in [7, 11) is 0. The van der Waals surface area contributed by atoms with Gasteiger partial charge in [-0.1, -0.05) is 19.1 Å². The number of amides is 4. The van der Waals surface area contributed by atoms with Crippen LogP contribution in [0.5, 0.6) is 0 Å². The molecule has 0 fully saturated rings. The molecular formula is C17H22N6O2. The molecule has 1 atom stereocenters. The highest BCUT2D eigenvalue weighted by Gasteiger charge is 2.11. The minimum Gasteiger partial charge on any atom is -0.338 e. The van der Waals surface area contributed by atoms with Gasteiger partial charge in [-0.15, -0.1) is 0 Å². The predicted molar refractivity (Wildman–Crippen MR) is 96.3 cm³/mol. The van der Waals surface area contributed by atoms with Gasteiger partial charge in [-0.2, -0.15) is 0 Å². The highest BCUT2D eigenvalue weighted by atomic mass is 16.2. The summed E-state index contributed by atoms with van der Waals surface area (Å²) < 4.78 is 0. The summed E-state index contributed by atoms with van der Waals surface area (Å²) in [6.45, 7) is 2.40. The third kappa shape index (κ3) is 6.86. The van der Waals surface area contributed by atoms with E-state index in [-0.39, 0.29) is 18.1 Å². The first-order valence-electron chi connectivity index (χ1n) is 8.12. The molecule has 2 aromatic rings. The van der Waals surface area contributed by atoms with E-state index in [4.69, 9.17) is 0 Å². The van der Waals surface area contributed by atoms with Crippen molar-refractivity contribution < 1.29 is 9.59 Å². The first-order chi connectivity index (χ1) is 12.2. The predicted octanol–water partition coefficient (Wildman–Crippen LogP) is 2.59. The smallest absolute Gasteiger partial charge is 0.320 e. The number of carbonyl (C=O) groups excluding carboxylic acids is 2. The zero-order valence-corrected chi connectivity index (χ0v) is 14.0. The Hall–Kier alpha value is -3.16. The first-order valence-corrected chi connectivity index (χ1v) is 8.12. The van der Waals surface area contributed by atoms with Crippen LogP contribution in [0.15, 0.2) is 48.8 Å². The molecule has 25 heavy (non-hydrogen) atoms. The van der Waals surface area contributed by atoms with E-state index >= 15 is 0 Å². The van der Waals surface area contributed by atoms with Crippen molar-refractivity contribution in [1.29, 1.82) is 0 Å². The zero-order valence-electron chi connectivity index (χ0n) is 14.0. The van der Waals surface area contributed by atoms with Crippen LogP contribution in [-0.2, 0) is 0 Å². The average Bonchev–Trinajstić information content (AvgIpc) is 2.62. The van der Waals surface area contributed by atoms with Crippen LogP contribution in [-0.4, -0.2) is 34.6 Å². The molecule has 0 spiro atoms. The van der Waals surface area contributed by atoms with Crippen LogP contribution in [0, 0.1) is 0 Å². The second-order valence-electron chi connectivity index (χ2n) is 5.30. The van der Waals surface area contributed by atoms with Crippen molar-refractivity contribution in [2.75, 3.05) is 17.2 Å². The lowest BCUT2D eigenvalue weighted by Crippen LogP contribution is -2.40. The number of rotatable bonds is 7. The van der Waals surface area contributed by atoms with Crippen LogP contribution in [0.25, 0.3) is 0 Å². The normalized spacial score (nSPS) is 11.2. The molecule has 2 heterocycles. The maximum absolute atomic E-state index is 11.9. The number of anilines is 2. The second-order valence-corrected chi connectivity index (χ2v) is 5.30. The van der Waals surface area contributed by atoms with Gasteiger partial charge in [0, 0.05) is 25.0 Å². The molecule has 0 unspecified atom stereocenters. The molecule has 0 saturated carbocycles. The van der Waals surface area contributed by atoms with E-state index in [2.05, 4.69) is 31.2 Å². The van der Waals surface area contributed by atoms with Gasteiger partial charge in [-0.3, -0.25) is 10.6 Å². The molecule has 2 aromatic heterocycles. The molecule has 0 radical (unpaired) electrons. The maximum Gasteiger partial charge on any atom is 0.320 e. The Balaban J connectivity index is 1.69. The molecule has 0 aliphatic rings. The van der Waals surface area contributed by atoms with Crippen LogP contribution >= 0.6 is 0 Å². The van der Waals surface area contributed by atoms with E-state index in [1.54, 1.807) is 48.8 Å². The molecule has 0 aromatic carbocycles. The van der Waals surface area contributed by atoms with E-state index in [9.17, 15) is 9.59 Å². The quantitative estimate of drug-likeness (QED) is 0.620. The van der Waals surface area contributed by atoms with Crippen molar-refractivity contribution in [2.24, 2.45) is 0 Å². The molecule has 132 valence electrons. The number of pyridine rings is 2. The molecule has 0 aliphatic carbocycles. The molecule has 8 heteroatoms. The summed E-state index contributed by atoms with van der Waals surface area (Å²) in [6.07, 6.45) is 4.57. The molecular weight excluding hydrogens is 320 g/mol. The number of carbonyl (C=O) groups is 2. The Morgan fingerprint density at radius 1 is 0.960 bits per heavy atom. The SMILES string of the molecule is CC[C@H](CCNC(=O)Nc1ccccn1)NC(=O)Nc1ccccn1. The molecule has 0 aliphatic heterocycles. The summed E-state index contributed by atoms with van der Waals surface area (Å²) in [4.78, 5) is 31.8. The molecule has 0 bridgehead atoms. The van der Waals surface area contributed by atoms with Crippen LogP contribution in [0.1, 0.15) is 19.8 Å². The summed E-state index contributed by atoms with van der Waals surface area (Å²) in [5, 5.41) is 10.9. The van der Waals surface area contributed by atoms with Gasteiger partial charge >= 0.3 is 12.1 Å². The van der Waals surface area contributed by atoms with Crippen molar-refractivity contribution in [3.05, 3.63) is 48.8 Å². The Labute approximate surface area is 146 Å². The van der Waals surface area contributed by atoms with Crippen molar-refractivity contribution in [2.45, 2.75) is 25.8 Å². The fraction of sp³-hybridized carbons (Fsp3) is 0.294. The number of urea groups is 2. The Morgan fingerprint density at radius 3 is 2.08 bits per heavy atom. The number of hydrogen-bond acceptors (Lipinski definition) is 4. The van der Waals surface area contributed by atoms with Gasteiger partial charge in [0.15, 0.2) is 0 Å². The van der Waals surface area contributed by atoms with Crippen LogP contribution in [0.3, 0.4) is 0 Å². The number of aromatic nitrogens is 2. The minimum atomic E-state index is -0.327. The van der Waals surface area contributed by atoms with Gasteiger partial charge in [0.2, 0.25) is 0 Å². The standard InChI is InChI=1S/C17H22N6O2/c1-2-13(21-17(25)23-15-8-4-6-11-19-15)9-12-20-16(24)22-14-7-3-5-10-18-14/h3-8,10-11,13H,2,9,12H2,1H3,(H2,18,20,22,24)(H2,19,21,23,25)/t13-/m1/s1. The molecule has 0 saturated heterocycles. The van der Waals surface area contributed by atoms with E-state index in [1.807, 2.05) is 6.92 Å². The van der Waals surface area contributed by atoms with Crippen molar-refractivity contribution in [3.63, 3.8) is 0 Å². The van der Waals surface area contributed by atoms with Crippen molar-refractivity contribution in [3.8, 4) is 0 Å².